The van der Waals surface area contributed by atoms with Gasteiger partial charge in [0.25, 0.3) is 5.91 Å². The second kappa shape index (κ2) is 5.65. The van der Waals surface area contributed by atoms with Crippen molar-refractivity contribution in [3.63, 3.8) is 0 Å². The van der Waals surface area contributed by atoms with Gasteiger partial charge in [0.05, 0.1) is 12.7 Å². The molecule has 0 aliphatic heterocycles. The number of benzene rings is 2. The van der Waals surface area contributed by atoms with Gasteiger partial charge in [-0.25, -0.2) is 0 Å². The van der Waals surface area contributed by atoms with E-state index in [1.165, 1.54) is 7.11 Å². The van der Waals surface area contributed by atoms with Crippen molar-refractivity contribution in [1.29, 1.82) is 0 Å². The largest absolute Gasteiger partial charge is 0.496 e. The van der Waals surface area contributed by atoms with Crippen LogP contribution in [0.4, 0.5) is 11.4 Å². The van der Waals surface area contributed by atoms with E-state index in [1.54, 1.807) is 30.1 Å². The van der Waals surface area contributed by atoms with E-state index in [0.717, 1.165) is 11.3 Å². The molecule has 4 heteroatoms. The number of nitrogens with zero attached hydrogens (tertiary/aromatic N) is 1. The third-order valence-electron chi connectivity index (χ3n) is 3.24. The minimum absolute atomic E-state index is 0.129. The smallest absolute Gasteiger partial charge is 0.261 e. The number of hydrogen-bond donors (Lipinski definition) is 1. The molecule has 2 aromatic carbocycles. The van der Waals surface area contributed by atoms with Crippen LogP contribution in [0.3, 0.4) is 0 Å². The number of para-hydroxylation sites is 1. The van der Waals surface area contributed by atoms with Crippen LogP contribution in [-0.4, -0.2) is 20.1 Å². The zero-order valence-corrected chi connectivity index (χ0v) is 11.9. The van der Waals surface area contributed by atoms with Crippen LogP contribution in [0.25, 0.3) is 0 Å². The first-order chi connectivity index (χ1) is 9.54. The number of hydrogen-bond acceptors (Lipinski definition) is 3. The molecule has 2 rings (SSSR count). The lowest BCUT2D eigenvalue weighted by Crippen LogP contribution is -2.27. The monoisotopic (exact) mass is 270 g/mol. The number of aryl methyl sites for hydroxylation is 1. The molecule has 20 heavy (non-hydrogen) atoms. The molecule has 0 unspecified atom stereocenters. The Balaban J connectivity index is 2.39. The van der Waals surface area contributed by atoms with Crippen LogP contribution < -0.4 is 15.4 Å². The van der Waals surface area contributed by atoms with Crippen LogP contribution in [0.5, 0.6) is 5.75 Å². The van der Waals surface area contributed by atoms with Gasteiger partial charge < -0.3 is 15.4 Å². The van der Waals surface area contributed by atoms with E-state index in [0.29, 0.717) is 17.0 Å². The highest BCUT2D eigenvalue weighted by molar-refractivity contribution is 6.08. The summed E-state index contributed by atoms with van der Waals surface area (Å²) in [6.45, 7) is 1.97. The van der Waals surface area contributed by atoms with Gasteiger partial charge in [-0.05, 0) is 30.7 Å². The maximum Gasteiger partial charge on any atom is 0.261 e. The molecule has 0 spiro atoms. The molecule has 0 heterocycles. The van der Waals surface area contributed by atoms with Gasteiger partial charge in [0, 0.05) is 24.5 Å². The minimum Gasteiger partial charge on any atom is -0.496 e. The van der Waals surface area contributed by atoms with Crippen molar-refractivity contribution in [2.45, 2.75) is 6.92 Å². The zero-order valence-electron chi connectivity index (χ0n) is 11.9. The Bertz CT molecular complexity index is 638. The number of rotatable bonds is 3. The quantitative estimate of drug-likeness (QED) is 0.872. The molecular weight excluding hydrogens is 252 g/mol. The number of ether oxygens (including phenoxy) is 1. The summed E-state index contributed by atoms with van der Waals surface area (Å²) in [5.41, 5.74) is 8.68. The molecule has 0 saturated carbocycles. The molecule has 0 aliphatic rings. The van der Waals surface area contributed by atoms with E-state index in [-0.39, 0.29) is 5.91 Å². The summed E-state index contributed by atoms with van der Waals surface area (Å²) in [6.07, 6.45) is 0. The molecule has 0 atom stereocenters. The lowest BCUT2D eigenvalue weighted by Gasteiger charge is -2.20. The Labute approximate surface area is 118 Å². The van der Waals surface area contributed by atoms with Crippen LogP contribution in [0.15, 0.2) is 42.5 Å². The van der Waals surface area contributed by atoms with Gasteiger partial charge in [-0.1, -0.05) is 18.2 Å². The molecule has 0 saturated heterocycles. The van der Waals surface area contributed by atoms with Crippen molar-refractivity contribution in [3.05, 3.63) is 53.6 Å². The van der Waals surface area contributed by atoms with Crippen molar-refractivity contribution in [1.82, 2.24) is 0 Å². The van der Waals surface area contributed by atoms with Crippen molar-refractivity contribution >= 4 is 17.3 Å². The van der Waals surface area contributed by atoms with E-state index in [1.807, 2.05) is 31.2 Å². The maximum atomic E-state index is 12.6. The van der Waals surface area contributed by atoms with Crippen molar-refractivity contribution in [2.24, 2.45) is 0 Å². The first kappa shape index (κ1) is 13.9. The molecule has 4 nitrogen and oxygen atoms in total. The zero-order chi connectivity index (χ0) is 14.7. The lowest BCUT2D eigenvalue weighted by molar-refractivity contribution is 0.0990. The fraction of sp³-hybridized carbons (Fsp3) is 0.188. The van der Waals surface area contributed by atoms with Gasteiger partial charge in [-0.15, -0.1) is 0 Å². The SMILES string of the molecule is COc1cc(N)ccc1C(=O)N(C)c1ccccc1C. The molecule has 0 radical (unpaired) electrons. The van der Waals surface area contributed by atoms with E-state index < -0.39 is 0 Å². The number of methoxy groups -OCH3 is 1. The average Bonchev–Trinajstić information content (AvgIpc) is 2.46. The first-order valence-electron chi connectivity index (χ1n) is 6.31. The van der Waals surface area contributed by atoms with E-state index in [9.17, 15) is 4.79 Å². The van der Waals surface area contributed by atoms with Crippen molar-refractivity contribution in [2.75, 3.05) is 24.8 Å². The van der Waals surface area contributed by atoms with Crippen molar-refractivity contribution in [3.8, 4) is 5.75 Å². The summed E-state index contributed by atoms with van der Waals surface area (Å²) in [6, 6.07) is 12.8. The normalized spacial score (nSPS) is 10.2. The van der Waals surface area contributed by atoms with Gasteiger partial charge in [0.1, 0.15) is 5.75 Å². The molecule has 0 aromatic heterocycles. The topological polar surface area (TPSA) is 55.6 Å². The van der Waals surface area contributed by atoms with Crippen LogP contribution in [0, 0.1) is 6.92 Å². The standard InChI is InChI=1S/C16H18N2O2/c1-11-6-4-5-7-14(11)18(2)16(19)13-9-8-12(17)10-15(13)20-3/h4-10H,17H2,1-3H3. The molecule has 0 fully saturated rings. The van der Waals surface area contributed by atoms with Crippen LogP contribution in [0.2, 0.25) is 0 Å². The summed E-state index contributed by atoms with van der Waals surface area (Å²) in [5.74, 6) is 0.353. The molecule has 0 bridgehead atoms. The summed E-state index contributed by atoms with van der Waals surface area (Å²) >= 11 is 0. The van der Waals surface area contributed by atoms with Gasteiger partial charge in [-0.3, -0.25) is 4.79 Å². The van der Waals surface area contributed by atoms with Gasteiger partial charge in [-0.2, -0.15) is 0 Å². The Hall–Kier alpha value is -2.49. The second-order valence-corrected chi connectivity index (χ2v) is 4.61. The Morgan fingerprint density at radius 2 is 1.90 bits per heavy atom. The van der Waals surface area contributed by atoms with E-state index in [4.69, 9.17) is 10.5 Å². The molecule has 2 N–H and O–H groups in total. The summed E-state index contributed by atoms with van der Waals surface area (Å²) < 4.78 is 5.24. The number of amides is 1. The fourth-order valence-corrected chi connectivity index (χ4v) is 2.11. The van der Waals surface area contributed by atoms with Gasteiger partial charge in [0.15, 0.2) is 0 Å². The van der Waals surface area contributed by atoms with Crippen LogP contribution in [-0.2, 0) is 0 Å². The number of carbonyl (C=O) groups excluding carboxylic acids is 1. The number of carbonyl (C=O) groups is 1. The molecule has 2 aromatic rings. The number of nitrogen functional groups attached to an aromatic ring is 1. The summed E-state index contributed by atoms with van der Waals surface area (Å²) in [7, 11) is 3.28. The Morgan fingerprint density at radius 1 is 1.20 bits per heavy atom. The fourth-order valence-electron chi connectivity index (χ4n) is 2.11. The predicted octanol–water partition coefficient (Wildman–Crippen LogP) is 2.86. The highest BCUT2D eigenvalue weighted by atomic mass is 16.5. The van der Waals surface area contributed by atoms with Crippen molar-refractivity contribution < 1.29 is 9.53 Å². The highest BCUT2D eigenvalue weighted by Crippen LogP contribution is 2.26. The maximum absolute atomic E-state index is 12.6. The Kier molecular flexibility index (Phi) is 3.94. The average molecular weight is 270 g/mol. The van der Waals surface area contributed by atoms with E-state index in [2.05, 4.69) is 0 Å². The number of anilines is 2. The lowest BCUT2D eigenvalue weighted by atomic mass is 10.1. The summed E-state index contributed by atoms with van der Waals surface area (Å²) in [4.78, 5) is 14.2. The molecular formula is C16H18N2O2. The third kappa shape index (κ3) is 2.59. The second-order valence-electron chi connectivity index (χ2n) is 4.61. The number of nitrogens with two attached hydrogens (primary N) is 1. The van der Waals surface area contributed by atoms with Crippen LogP contribution >= 0.6 is 0 Å². The molecule has 0 aliphatic carbocycles. The molecule has 1 amide bonds. The van der Waals surface area contributed by atoms with Crippen LogP contribution in [0.1, 0.15) is 15.9 Å². The van der Waals surface area contributed by atoms with E-state index >= 15 is 0 Å². The first-order valence-corrected chi connectivity index (χ1v) is 6.31. The minimum atomic E-state index is -0.129. The summed E-state index contributed by atoms with van der Waals surface area (Å²) in [5, 5.41) is 0. The highest BCUT2D eigenvalue weighted by Gasteiger charge is 2.18. The van der Waals surface area contributed by atoms with Gasteiger partial charge in [0.2, 0.25) is 0 Å². The Morgan fingerprint density at radius 3 is 2.55 bits per heavy atom. The third-order valence-corrected chi connectivity index (χ3v) is 3.24. The molecule has 104 valence electrons. The van der Waals surface area contributed by atoms with Gasteiger partial charge >= 0.3 is 0 Å². The predicted molar refractivity (Wildman–Crippen MR) is 81.3 cm³/mol.